The van der Waals surface area contributed by atoms with Crippen molar-refractivity contribution in [2.45, 2.75) is 183 Å². The summed E-state index contributed by atoms with van der Waals surface area (Å²) in [4.78, 5) is 0. The van der Waals surface area contributed by atoms with Crippen LogP contribution in [0.1, 0.15) is 184 Å². The van der Waals surface area contributed by atoms with Gasteiger partial charge in [-0.2, -0.15) is 0 Å². The van der Waals surface area contributed by atoms with E-state index < -0.39 is 0 Å². The molecule has 0 aliphatic heterocycles. The van der Waals surface area contributed by atoms with Crippen molar-refractivity contribution in [3.63, 3.8) is 0 Å². The average Bonchev–Trinajstić information content (AvgIpc) is 0.697. The van der Waals surface area contributed by atoms with E-state index in [1.807, 2.05) is 0 Å². The van der Waals surface area contributed by atoms with Crippen LogP contribution in [-0.4, -0.2) is 0 Å². The summed E-state index contributed by atoms with van der Waals surface area (Å²) in [7, 11) is 0. The van der Waals surface area contributed by atoms with Crippen LogP contribution in [0.25, 0.3) is 304 Å². The zero-order valence-corrected chi connectivity index (χ0v) is 84.3. The molecule has 1 aliphatic rings. The molecule has 672 valence electrons. The lowest BCUT2D eigenvalue weighted by molar-refractivity contribution is 0.591. The number of benzene rings is 28. The van der Waals surface area contributed by atoms with Crippen molar-refractivity contribution in [2.24, 2.45) is 0 Å². The van der Waals surface area contributed by atoms with Gasteiger partial charge in [-0.05, 0) is 466 Å². The molecule has 1 aliphatic carbocycles. The second-order valence-corrected chi connectivity index (χ2v) is 49.9. The molecule has 140 heavy (non-hydrogen) atoms. The zero-order chi connectivity index (χ0) is 95.5. The first-order valence-corrected chi connectivity index (χ1v) is 51.1. The van der Waals surface area contributed by atoms with Crippen molar-refractivity contribution in [3.8, 4) is 77.9 Å². The second-order valence-electron chi connectivity index (χ2n) is 49.9. The summed E-state index contributed by atoms with van der Waals surface area (Å²) in [6, 6.07) is 124. The van der Waals surface area contributed by atoms with E-state index in [4.69, 9.17) is 0 Å². The van der Waals surface area contributed by atoms with Crippen LogP contribution in [0, 0.1) is 0 Å². The Bertz CT molecular complexity index is 8280. The smallest absolute Gasteiger partial charge is 0.00143 e. The Morgan fingerprint density at radius 2 is 0.179 bits per heavy atom. The lowest BCUT2D eigenvalue weighted by Gasteiger charge is -2.26. The fraction of sp³-hybridized carbons (Fsp3) is 0.200. The van der Waals surface area contributed by atoms with Crippen LogP contribution in [-0.2, 0) is 37.9 Å². The van der Waals surface area contributed by atoms with Crippen LogP contribution >= 0.6 is 0 Å². The molecular weight excluding hydrogens is 1680 g/mol. The molecule has 29 rings (SSSR count). The van der Waals surface area contributed by atoms with Crippen LogP contribution in [0.5, 0.6) is 0 Å². The van der Waals surface area contributed by atoms with E-state index in [1.54, 1.807) is 0 Å². The van der Waals surface area contributed by atoms with E-state index >= 15 is 0 Å². The van der Waals surface area contributed by atoms with Crippen LogP contribution in [0.2, 0.25) is 0 Å². The van der Waals surface area contributed by atoms with Crippen LogP contribution < -0.4 is 0 Å². The molecule has 35 bridgehead atoms. The highest BCUT2D eigenvalue weighted by Crippen LogP contribution is 2.60. The van der Waals surface area contributed by atoms with E-state index in [0.717, 1.165) is 0 Å². The molecule has 0 amide bonds. The normalized spacial score (nSPS) is 13.8. The fourth-order valence-electron chi connectivity index (χ4n) is 26.7. The van der Waals surface area contributed by atoms with Gasteiger partial charge in [0.25, 0.3) is 0 Å². The van der Waals surface area contributed by atoms with Crippen molar-refractivity contribution in [1.29, 1.82) is 0 Å². The average molecular weight is 1790 g/mol. The number of fused-ring (bicyclic) bond motifs is 7. The molecular formula is C140H112. The molecule has 0 radical (unpaired) electrons. The first kappa shape index (κ1) is 82.5. The molecule has 0 heterocycles. The summed E-state index contributed by atoms with van der Waals surface area (Å²) < 4.78 is 0. The van der Waals surface area contributed by atoms with Crippen LogP contribution in [0.3, 0.4) is 0 Å². The molecule has 28 aromatic rings. The maximum absolute atomic E-state index is 2.61. The first-order chi connectivity index (χ1) is 66.8. The third kappa shape index (κ3) is 11.3. The summed E-state index contributed by atoms with van der Waals surface area (Å²) in [5.74, 6) is 0. The van der Waals surface area contributed by atoms with Crippen molar-refractivity contribution >= 4 is 226 Å². The Morgan fingerprint density at radius 1 is 0.100 bits per heavy atom. The lowest BCUT2D eigenvalue weighted by atomic mass is 9.77. The summed E-state index contributed by atoms with van der Waals surface area (Å²) in [5, 5.41) is 54.0. The molecule has 0 unspecified atom stereocenters. The zero-order valence-electron chi connectivity index (χ0n) is 84.3. The highest BCUT2D eigenvalue weighted by atomic mass is 14.4. The monoisotopic (exact) mass is 1790 g/mol. The van der Waals surface area contributed by atoms with E-state index in [1.165, 1.54) is 343 Å². The second kappa shape index (κ2) is 26.9. The number of hydrogen-bond donors (Lipinski definition) is 0. The molecule has 0 saturated carbocycles. The van der Waals surface area contributed by atoms with Gasteiger partial charge in [-0.15, -0.1) is 0 Å². The lowest BCUT2D eigenvalue weighted by Crippen LogP contribution is -2.11. The van der Waals surface area contributed by atoms with Crippen LogP contribution in [0.15, 0.2) is 297 Å². The molecule has 0 nitrogen and oxygen atoms in total. The van der Waals surface area contributed by atoms with E-state index in [9.17, 15) is 0 Å². The third-order valence-corrected chi connectivity index (χ3v) is 34.0. The quantitative estimate of drug-likeness (QED) is 0.133. The maximum atomic E-state index is 2.61. The standard InChI is InChI=1S/C140H112/c1-134(2,3)85-43-71-57-106-92-29-22-30-93-107(58-72(44-85)120(71)127(92)93)109-60-74-46-87(136(7,8)9)48-76-62-111(97-34-24-32-95(109)129(97)122(74)76)113-64-78-50-89(138(13,14)15)52-80-66-115(101-38-26-36-99(113)131(101)124(78)80)117-68-82-54-91(140(19,20)21)56-84-70-119(105-42-28-40-103(117)133(105)126(82)84)118-69-83-55-90(139(16,17)18)53-81-67-116(102-39-27-41-104(118)132(102)125(81)83)114-65-79-51-88(137(10,11)12)49-77-63-112(98-35-25-37-100(114)130(98)123(77)79)110-61-75-47-86(135(4,5)6)45-73-59-108(106)94-31-23-33-96(110)128(94)121(73)75/h22-70H,1-21H3. The van der Waals surface area contributed by atoms with Gasteiger partial charge in [0.05, 0.1) is 0 Å². The predicted molar refractivity (Wildman–Crippen MR) is 615 cm³/mol. The molecule has 0 fully saturated rings. The predicted octanol–water partition coefficient (Wildman–Crippen LogP) is 41.0. The summed E-state index contributed by atoms with van der Waals surface area (Å²) in [5.41, 5.74) is 25.7. The van der Waals surface area contributed by atoms with Gasteiger partial charge in [0, 0.05) is 0 Å². The minimum atomic E-state index is -0.167. The minimum absolute atomic E-state index is 0.167. The molecule has 0 N–H and O–H groups in total. The van der Waals surface area contributed by atoms with Crippen molar-refractivity contribution in [1.82, 2.24) is 0 Å². The Hall–Kier alpha value is -14.6. The maximum Gasteiger partial charge on any atom is -0.00143 e. The van der Waals surface area contributed by atoms with Crippen molar-refractivity contribution in [3.05, 3.63) is 336 Å². The molecule has 0 heteroatoms. The third-order valence-electron chi connectivity index (χ3n) is 34.0. The van der Waals surface area contributed by atoms with Gasteiger partial charge in [-0.3, -0.25) is 0 Å². The van der Waals surface area contributed by atoms with Gasteiger partial charge in [-0.25, -0.2) is 0 Å². The fourth-order valence-corrected chi connectivity index (χ4v) is 26.7. The van der Waals surface area contributed by atoms with Gasteiger partial charge in [-0.1, -0.05) is 358 Å². The Morgan fingerprint density at radius 3 is 0.250 bits per heavy atom. The first-order valence-electron chi connectivity index (χ1n) is 51.1. The van der Waals surface area contributed by atoms with Gasteiger partial charge >= 0.3 is 0 Å². The van der Waals surface area contributed by atoms with Gasteiger partial charge in [0.2, 0.25) is 0 Å². The molecule has 0 aromatic heterocycles. The highest BCUT2D eigenvalue weighted by molar-refractivity contribution is 6.42. The number of hydrogen-bond acceptors (Lipinski definition) is 0. The largest absolute Gasteiger partial charge is 0.0610 e. The summed E-state index contributed by atoms with van der Waals surface area (Å²) in [6.07, 6.45) is 0. The highest BCUT2D eigenvalue weighted by Gasteiger charge is 2.35. The van der Waals surface area contributed by atoms with E-state index in [2.05, 4.69) is 443 Å². The molecule has 0 saturated heterocycles. The van der Waals surface area contributed by atoms with Crippen LogP contribution in [0.4, 0.5) is 0 Å². The van der Waals surface area contributed by atoms with E-state index in [-0.39, 0.29) is 37.9 Å². The van der Waals surface area contributed by atoms with Gasteiger partial charge in [0.1, 0.15) is 0 Å². The van der Waals surface area contributed by atoms with Crippen molar-refractivity contribution < 1.29 is 0 Å². The number of rotatable bonds is 0. The molecule has 0 atom stereocenters. The Kier molecular flexibility index (Phi) is 15.9. The molecule has 0 spiro atoms. The molecule has 28 aromatic carbocycles. The minimum Gasteiger partial charge on any atom is -0.0610 e. The summed E-state index contributed by atoms with van der Waals surface area (Å²) in [6.45, 7) is 50.5. The Balaban J connectivity index is 0.818. The summed E-state index contributed by atoms with van der Waals surface area (Å²) >= 11 is 0. The Labute approximate surface area is 817 Å². The van der Waals surface area contributed by atoms with Gasteiger partial charge in [0.15, 0.2) is 0 Å². The SMILES string of the molecule is CC(C)(C)c1cc2cc3c4cccc5c(cc(c1)c2c45)-c1cc2cc(C(C)(C)C)cc4cc(c5cccc1c5c24)-c1cc2cc(C(C)(C)C)cc4cc(c5cccc1c5c24)-c1cc2cc(C(C)(C)C)cc4cc(c5cccc1c5c24)-c1cc2cc(C(C)(C)C)cc4cc(c5cccc1c5c42)-c1cc2cc(C(C)(C)C)cc4cc(c5cccc1c5c42)-c1cc2cc(C(C)(C)C)cc4cc-3c3cccc1c3c42. The van der Waals surface area contributed by atoms with Gasteiger partial charge < -0.3 is 0 Å². The van der Waals surface area contributed by atoms with E-state index in [0.29, 0.717) is 0 Å². The topological polar surface area (TPSA) is 0 Å². The van der Waals surface area contributed by atoms with Crippen molar-refractivity contribution in [2.75, 3.05) is 0 Å².